The van der Waals surface area contributed by atoms with Gasteiger partial charge in [-0.05, 0) is 54.1 Å². The zero-order chi connectivity index (χ0) is 23.7. The number of rotatable bonds is 17. The third kappa shape index (κ3) is 6.20. The van der Waals surface area contributed by atoms with Gasteiger partial charge < -0.3 is 4.74 Å². The van der Waals surface area contributed by atoms with E-state index in [2.05, 4.69) is 48.1 Å². The Labute approximate surface area is 208 Å². The maximum Gasteiger partial charge on any atom is 0.316 e. The summed E-state index contributed by atoms with van der Waals surface area (Å²) < 4.78 is 5.73. The second kappa shape index (κ2) is 12.2. The van der Waals surface area contributed by atoms with Crippen LogP contribution >= 0.6 is 0 Å². The van der Waals surface area contributed by atoms with E-state index in [1.54, 1.807) is 5.56 Å². The van der Waals surface area contributed by atoms with Crippen LogP contribution in [0.3, 0.4) is 0 Å². The van der Waals surface area contributed by atoms with Gasteiger partial charge in [0.25, 0.3) is 0 Å². The van der Waals surface area contributed by atoms with Crippen LogP contribution in [0.5, 0.6) is 6.01 Å². The van der Waals surface area contributed by atoms with Gasteiger partial charge in [-0.2, -0.15) is 0 Å². The van der Waals surface area contributed by atoms with Crippen molar-refractivity contribution in [3.05, 3.63) is 42.2 Å². The van der Waals surface area contributed by atoms with Crippen LogP contribution in [0.2, 0.25) is 0 Å². The first-order chi connectivity index (χ1) is 16.7. The minimum absolute atomic E-state index is 0.492. The van der Waals surface area contributed by atoms with Crippen molar-refractivity contribution >= 4 is 0 Å². The summed E-state index contributed by atoms with van der Waals surface area (Å²) in [6.07, 6.45) is 25.6. The first-order valence-electron chi connectivity index (χ1n) is 14.2. The summed E-state index contributed by atoms with van der Waals surface area (Å²) in [4.78, 5) is 8.87. The van der Waals surface area contributed by atoms with Crippen LogP contribution in [0, 0.1) is 5.41 Å². The van der Waals surface area contributed by atoms with Crippen molar-refractivity contribution in [1.29, 1.82) is 0 Å². The molecular formula is C31H46N2O. The van der Waals surface area contributed by atoms with Gasteiger partial charge in [0.05, 0.1) is 6.61 Å². The zero-order valence-electron chi connectivity index (χ0n) is 21.8. The molecule has 0 radical (unpaired) electrons. The van der Waals surface area contributed by atoms with Crippen molar-refractivity contribution in [2.24, 2.45) is 5.41 Å². The molecule has 3 aliphatic rings. The van der Waals surface area contributed by atoms with E-state index < -0.39 is 0 Å². The molecular weight excluding hydrogens is 416 g/mol. The molecule has 3 fully saturated rings. The maximum absolute atomic E-state index is 5.73. The number of ether oxygens (including phenoxy) is 1. The van der Waals surface area contributed by atoms with Crippen LogP contribution in [0.4, 0.5) is 0 Å². The molecule has 3 heteroatoms. The Balaban J connectivity index is 1.17. The predicted octanol–water partition coefficient (Wildman–Crippen LogP) is 9.06. The van der Waals surface area contributed by atoms with E-state index in [-0.39, 0.29) is 0 Å². The highest BCUT2D eigenvalue weighted by atomic mass is 16.5. The molecule has 186 valence electrons. The Morgan fingerprint density at radius 1 is 0.676 bits per heavy atom. The Morgan fingerprint density at radius 3 is 1.85 bits per heavy atom. The van der Waals surface area contributed by atoms with Gasteiger partial charge >= 0.3 is 6.01 Å². The van der Waals surface area contributed by atoms with E-state index in [1.165, 1.54) is 102 Å². The summed E-state index contributed by atoms with van der Waals surface area (Å²) in [5.74, 6) is 0. The lowest BCUT2D eigenvalue weighted by atomic mass is 9.32. The highest BCUT2D eigenvalue weighted by Crippen LogP contribution is 2.75. The molecule has 2 aromatic rings. The Bertz CT molecular complexity index is 838. The second-order valence-electron chi connectivity index (χ2n) is 11.3. The van der Waals surface area contributed by atoms with Crippen LogP contribution in [0.15, 0.2) is 36.7 Å². The fourth-order valence-corrected chi connectivity index (χ4v) is 6.45. The monoisotopic (exact) mass is 462 g/mol. The molecule has 1 aromatic heterocycles. The van der Waals surface area contributed by atoms with Crippen molar-refractivity contribution < 1.29 is 4.74 Å². The Hall–Kier alpha value is -1.90. The van der Waals surface area contributed by atoms with E-state index in [1.807, 2.05) is 12.4 Å². The predicted molar refractivity (Wildman–Crippen MR) is 142 cm³/mol. The SMILES string of the molecule is CCCCCCCCOc1ncc(-c2ccc(C34CC(CCCCCCCC)(C3)C4)cc2)cn1. The van der Waals surface area contributed by atoms with Gasteiger partial charge in [0, 0.05) is 18.0 Å². The third-order valence-electron chi connectivity index (χ3n) is 8.39. The molecule has 1 aromatic carbocycles. The lowest BCUT2D eigenvalue weighted by Gasteiger charge is -2.72. The van der Waals surface area contributed by atoms with Crippen molar-refractivity contribution in [3.8, 4) is 17.1 Å². The average Bonchev–Trinajstić information content (AvgIpc) is 2.82. The number of hydrogen-bond donors (Lipinski definition) is 0. The summed E-state index contributed by atoms with van der Waals surface area (Å²) in [7, 11) is 0. The molecule has 0 spiro atoms. The summed E-state index contributed by atoms with van der Waals surface area (Å²) in [5.41, 5.74) is 4.99. The number of unbranched alkanes of at least 4 members (excludes halogenated alkanes) is 10. The van der Waals surface area contributed by atoms with Gasteiger partial charge in [-0.3, -0.25) is 0 Å². The first-order valence-corrected chi connectivity index (χ1v) is 14.2. The molecule has 3 saturated carbocycles. The Morgan fingerprint density at radius 2 is 1.24 bits per heavy atom. The fraction of sp³-hybridized carbons (Fsp3) is 0.677. The molecule has 1 heterocycles. The van der Waals surface area contributed by atoms with Gasteiger partial charge in [0.2, 0.25) is 0 Å². The topological polar surface area (TPSA) is 35.0 Å². The first kappa shape index (κ1) is 25.2. The maximum atomic E-state index is 5.73. The fourth-order valence-electron chi connectivity index (χ4n) is 6.45. The average molecular weight is 463 g/mol. The van der Waals surface area contributed by atoms with E-state index in [0.29, 0.717) is 23.4 Å². The van der Waals surface area contributed by atoms with E-state index >= 15 is 0 Å². The lowest BCUT2D eigenvalue weighted by Crippen LogP contribution is -2.64. The van der Waals surface area contributed by atoms with E-state index in [9.17, 15) is 0 Å². The smallest absolute Gasteiger partial charge is 0.316 e. The third-order valence-corrected chi connectivity index (χ3v) is 8.39. The Kier molecular flexibility index (Phi) is 9.03. The van der Waals surface area contributed by atoms with Crippen LogP contribution < -0.4 is 4.74 Å². The van der Waals surface area contributed by atoms with Gasteiger partial charge in [-0.15, -0.1) is 0 Å². The summed E-state index contributed by atoms with van der Waals surface area (Å²) in [5, 5.41) is 0. The normalized spacial score (nSPS) is 22.8. The van der Waals surface area contributed by atoms with E-state index in [0.717, 1.165) is 12.0 Å². The molecule has 34 heavy (non-hydrogen) atoms. The van der Waals surface area contributed by atoms with Gasteiger partial charge in [-0.1, -0.05) is 109 Å². The number of hydrogen-bond acceptors (Lipinski definition) is 3. The highest BCUT2D eigenvalue weighted by Gasteiger charge is 2.67. The quantitative estimate of drug-likeness (QED) is 0.220. The van der Waals surface area contributed by atoms with Crippen LogP contribution in [-0.2, 0) is 5.41 Å². The van der Waals surface area contributed by atoms with Crippen LogP contribution in [-0.4, -0.2) is 16.6 Å². The molecule has 2 bridgehead atoms. The van der Waals surface area contributed by atoms with Crippen LogP contribution in [0.25, 0.3) is 11.1 Å². The largest absolute Gasteiger partial charge is 0.463 e. The van der Waals surface area contributed by atoms with Gasteiger partial charge in [0.15, 0.2) is 0 Å². The van der Waals surface area contributed by atoms with Crippen molar-refractivity contribution in [1.82, 2.24) is 9.97 Å². The molecule has 0 N–H and O–H groups in total. The lowest BCUT2D eigenvalue weighted by molar-refractivity contribution is -0.147. The molecule has 0 aliphatic heterocycles. The summed E-state index contributed by atoms with van der Waals surface area (Å²) >= 11 is 0. The molecule has 0 saturated heterocycles. The molecule has 0 amide bonds. The summed E-state index contributed by atoms with van der Waals surface area (Å²) in [6, 6.07) is 9.72. The zero-order valence-corrected chi connectivity index (χ0v) is 21.8. The van der Waals surface area contributed by atoms with Crippen LogP contribution in [0.1, 0.15) is 122 Å². The van der Waals surface area contributed by atoms with Crippen molar-refractivity contribution in [2.45, 2.75) is 122 Å². The molecule has 3 nitrogen and oxygen atoms in total. The van der Waals surface area contributed by atoms with Gasteiger partial charge in [0.1, 0.15) is 0 Å². The highest BCUT2D eigenvalue weighted by molar-refractivity contribution is 5.62. The number of nitrogens with zero attached hydrogens (tertiary/aromatic N) is 2. The minimum Gasteiger partial charge on any atom is -0.463 e. The number of benzene rings is 1. The number of aromatic nitrogens is 2. The second-order valence-corrected chi connectivity index (χ2v) is 11.3. The van der Waals surface area contributed by atoms with Crippen molar-refractivity contribution in [3.63, 3.8) is 0 Å². The van der Waals surface area contributed by atoms with E-state index in [4.69, 9.17) is 4.74 Å². The van der Waals surface area contributed by atoms with Gasteiger partial charge in [-0.25, -0.2) is 9.97 Å². The molecule has 0 atom stereocenters. The standard InChI is InChI=1S/C31H46N2O/c1-3-5-7-9-11-13-19-30-23-31(24-30,25-30)28-17-15-26(16-18-28)27-21-32-29(33-22-27)34-20-14-12-10-8-6-4-2/h15-18,21-22H,3-14,19-20,23-25H2,1-2H3. The minimum atomic E-state index is 0.492. The molecule has 5 rings (SSSR count). The van der Waals surface area contributed by atoms with Crippen molar-refractivity contribution in [2.75, 3.05) is 6.61 Å². The summed E-state index contributed by atoms with van der Waals surface area (Å²) in [6.45, 7) is 5.26. The molecule has 0 unspecified atom stereocenters. The molecule has 3 aliphatic carbocycles.